The zero-order valence-electron chi connectivity index (χ0n) is 61.2. The number of unbranched alkanes of at least 4 members (excludes halogenated alkanes) is 56. The maximum Gasteiger partial charge on any atom is 4.00 e. The molecule has 0 N–H and O–H groups in total. The summed E-state index contributed by atoms with van der Waals surface area (Å²) in [5.41, 5.74) is 0. The fourth-order valence-electron chi connectivity index (χ4n) is 11.3. The average Bonchev–Trinajstić information content (AvgIpc) is 3.50. The summed E-state index contributed by atoms with van der Waals surface area (Å²) in [6.45, 7) is 27.2. The molecule has 0 saturated carbocycles. The molecule has 512 valence electrons. The molecule has 0 radical (unpaired) electrons. The first-order chi connectivity index (χ1) is 41.7. The van der Waals surface area contributed by atoms with Gasteiger partial charge in [-0.05, 0) is 0 Å². The van der Waals surface area contributed by atoms with Crippen molar-refractivity contribution in [2.45, 2.75) is 466 Å². The maximum absolute atomic E-state index is 4.67. The fraction of sp³-hybridized carbons (Fsp3) is 1.00. The summed E-state index contributed by atoms with van der Waals surface area (Å²) in [4.78, 5) is 0. The SMILES string of the molecule is CCCCCCCCCC[N-]CCCCCCCCCC.CCCCCCCCCC[N-]CCCCCCCCCC.CCCCCCCCCC[N-]CCCCCCCCCC.CCCCCCCCCC[N-]CCCCCCCCCC.[Zr+4]. The second-order valence-corrected chi connectivity index (χ2v) is 26.5. The first-order valence-corrected chi connectivity index (χ1v) is 40.2. The van der Waals surface area contributed by atoms with Crippen molar-refractivity contribution >= 4 is 0 Å². The molecular weight excluding hydrogens is 1110 g/mol. The first kappa shape index (κ1) is 94.4. The molecule has 4 nitrogen and oxygen atoms in total. The predicted octanol–water partition coefficient (Wildman–Crippen LogP) is 30.6. The molecule has 0 aromatic heterocycles. The molecule has 0 aliphatic heterocycles. The van der Waals surface area contributed by atoms with Crippen molar-refractivity contribution in [3.63, 3.8) is 0 Å². The Kier molecular flexibility index (Phi) is 112. The van der Waals surface area contributed by atoms with Crippen LogP contribution in [0.3, 0.4) is 0 Å². The van der Waals surface area contributed by atoms with Crippen molar-refractivity contribution in [1.82, 2.24) is 0 Å². The van der Waals surface area contributed by atoms with Crippen LogP contribution in [0.5, 0.6) is 0 Å². The van der Waals surface area contributed by atoms with E-state index in [-0.39, 0.29) is 26.2 Å². The predicted molar refractivity (Wildman–Crippen MR) is 393 cm³/mol. The van der Waals surface area contributed by atoms with Gasteiger partial charge in [-0.2, -0.15) is 0 Å². The van der Waals surface area contributed by atoms with Crippen LogP contribution in [0.1, 0.15) is 466 Å². The molecule has 0 unspecified atom stereocenters. The Bertz CT molecular complexity index is 757. The van der Waals surface area contributed by atoms with E-state index in [1.165, 1.54) is 411 Å². The van der Waals surface area contributed by atoms with Gasteiger partial charge in [-0.3, -0.25) is 0 Å². The molecule has 85 heavy (non-hydrogen) atoms. The van der Waals surface area contributed by atoms with E-state index in [2.05, 4.69) is 76.7 Å². The number of hydrogen-bond donors (Lipinski definition) is 0. The summed E-state index contributed by atoms with van der Waals surface area (Å²) in [6.07, 6.45) is 90.1. The third kappa shape index (κ3) is 110. The number of nitrogens with zero attached hydrogens (tertiary/aromatic N) is 4. The van der Waals surface area contributed by atoms with Crippen molar-refractivity contribution in [2.24, 2.45) is 0 Å². The maximum atomic E-state index is 4.67. The van der Waals surface area contributed by atoms with Gasteiger partial charge >= 0.3 is 26.2 Å². The van der Waals surface area contributed by atoms with Crippen LogP contribution in [-0.4, -0.2) is 52.4 Å². The van der Waals surface area contributed by atoms with Crippen molar-refractivity contribution in [2.75, 3.05) is 52.4 Å². The van der Waals surface area contributed by atoms with Gasteiger partial charge in [-0.15, -0.1) is 52.4 Å². The van der Waals surface area contributed by atoms with Gasteiger partial charge in [0.05, 0.1) is 0 Å². The van der Waals surface area contributed by atoms with Gasteiger partial charge in [0.25, 0.3) is 0 Å². The van der Waals surface area contributed by atoms with Gasteiger partial charge in [0, 0.05) is 0 Å². The molecule has 0 spiro atoms. The van der Waals surface area contributed by atoms with Crippen LogP contribution >= 0.6 is 0 Å². The number of hydrogen-bond acceptors (Lipinski definition) is 0. The van der Waals surface area contributed by atoms with Crippen LogP contribution in [0.4, 0.5) is 0 Å². The standard InChI is InChI=1S/4C20H42N.Zr/c4*1-3-5-7-9-11-13-15-17-19-21-20-18-16-14-12-10-8-6-4-2;/h4*3-20H2,1-2H3;/q4*-1;+4. The van der Waals surface area contributed by atoms with Crippen LogP contribution < -0.4 is 0 Å². The zero-order chi connectivity index (χ0) is 61.7. The van der Waals surface area contributed by atoms with Crippen LogP contribution in [0.2, 0.25) is 0 Å². The Morgan fingerprint density at radius 2 is 0.176 bits per heavy atom. The molecule has 0 atom stereocenters. The summed E-state index contributed by atoms with van der Waals surface area (Å²) in [5, 5.41) is 18.7. The summed E-state index contributed by atoms with van der Waals surface area (Å²) >= 11 is 0. The molecule has 0 aromatic carbocycles. The van der Waals surface area contributed by atoms with Crippen molar-refractivity contribution in [1.29, 1.82) is 0 Å². The van der Waals surface area contributed by atoms with Gasteiger partial charge < -0.3 is 21.3 Å². The average molecular weight is 1280 g/mol. The Labute approximate surface area is 562 Å². The smallest absolute Gasteiger partial charge is 0.662 e. The normalized spacial score (nSPS) is 11.0. The van der Waals surface area contributed by atoms with E-state index < -0.39 is 0 Å². The molecule has 0 aliphatic carbocycles. The Balaban J connectivity index is -0.000000333. The molecule has 0 bridgehead atoms. The van der Waals surface area contributed by atoms with Gasteiger partial charge in [0.2, 0.25) is 0 Å². The Morgan fingerprint density at radius 1 is 0.106 bits per heavy atom. The molecule has 0 fully saturated rings. The van der Waals surface area contributed by atoms with Crippen LogP contribution in [0, 0.1) is 0 Å². The molecule has 5 heteroatoms. The molecule has 0 amide bonds. The topological polar surface area (TPSA) is 56.4 Å². The molecule has 0 aliphatic rings. The third-order valence-corrected chi connectivity index (χ3v) is 17.4. The molecule has 0 rings (SSSR count). The van der Waals surface area contributed by atoms with Crippen molar-refractivity contribution in [3.05, 3.63) is 21.3 Å². The van der Waals surface area contributed by atoms with Gasteiger partial charge in [0.15, 0.2) is 0 Å². The number of rotatable bonds is 72. The first-order valence-electron chi connectivity index (χ1n) is 40.2. The second kappa shape index (κ2) is 101. The summed E-state index contributed by atoms with van der Waals surface area (Å²) in [7, 11) is 0. The monoisotopic (exact) mass is 1280 g/mol. The van der Waals surface area contributed by atoms with Gasteiger partial charge in [-0.1, -0.05) is 466 Å². The quantitative estimate of drug-likeness (QED) is 0.0545. The summed E-state index contributed by atoms with van der Waals surface area (Å²) < 4.78 is 0. The van der Waals surface area contributed by atoms with E-state index in [9.17, 15) is 0 Å². The minimum atomic E-state index is 0. The Hall–Kier alpha value is 0.723. The van der Waals surface area contributed by atoms with E-state index in [1.807, 2.05) is 0 Å². The van der Waals surface area contributed by atoms with Gasteiger partial charge in [0.1, 0.15) is 0 Å². The van der Waals surface area contributed by atoms with Crippen molar-refractivity contribution in [3.8, 4) is 0 Å². The van der Waals surface area contributed by atoms with Gasteiger partial charge in [-0.25, -0.2) is 0 Å². The largest absolute Gasteiger partial charge is 4.00 e. The fourth-order valence-corrected chi connectivity index (χ4v) is 11.3. The summed E-state index contributed by atoms with van der Waals surface area (Å²) in [5.74, 6) is 0. The molecular formula is C80H168N4Zr. The van der Waals surface area contributed by atoms with E-state index in [4.69, 9.17) is 0 Å². The molecule has 0 saturated heterocycles. The van der Waals surface area contributed by atoms with E-state index in [0.29, 0.717) is 0 Å². The summed E-state index contributed by atoms with van der Waals surface area (Å²) in [6, 6.07) is 0. The molecule has 0 heterocycles. The Morgan fingerprint density at radius 3 is 0.259 bits per heavy atom. The third-order valence-electron chi connectivity index (χ3n) is 17.4. The van der Waals surface area contributed by atoms with E-state index in [0.717, 1.165) is 52.4 Å². The minimum Gasteiger partial charge on any atom is -0.662 e. The van der Waals surface area contributed by atoms with E-state index >= 15 is 0 Å². The molecule has 0 aromatic rings. The zero-order valence-corrected chi connectivity index (χ0v) is 63.7. The van der Waals surface area contributed by atoms with Crippen LogP contribution in [0.15, 0.2) is 0 Å². The van der Waals surface area contributed by atoms with Crippen LogP contribution in [0.25, 0.3) is 21.3 Å². The van der Waals surface area contributed by atoms with Crippen LogP contribution in [-0.2, 0) is 26.2 Å². The van der Waals surface area contributed by atoms with E-state index in [1.54, 1.807) is 0 Å². The minimum absolute atomic E-state index is 0. The second-order valence-electron chi connectivity index (χ2n) is 26.5. The van der Waals surface area contributed by atoms with Crippen molar-refractivity contribution < 1.29 is 26.2 Å².